The predicted molar refractivity (Wildman–Crippen MR) is 108 cm³/mol. The van der Waals surface area contributed by atoms with Crippen LogP contribution >= 0.6 is 15.3 Å². The number of benzene rings is 2. The van der Waals surface area contributed by atoms with Crippen LogP contribution in [0.4, 0.5) is 0 Å². The van der Waals surface area contributed by atoms with E-state index in [1.165, 1.54) is 0 Å². The smallest absolute Gasteiger partial charge is 0.389 e. The Bertz CT molecular complexity index is 742. The van der Waals surface area contributed by atoms with Crippen LogP contribution in [0.25, 0.3) is 0 Å². The molecule has 10 heteroatoms. The molecule has 2 aromatic rings. The molecule has 0 aliphatic heterocycles. The van der Waals surface area contributed by atoms with Crippen LogP contribution in [0.15, 0.2) is 48.5 Å². The third-order valence-corrected chi connectivity index (χ3v) is 7.19. The molecule has 148 valence electrons. The summed E-state index contributed by atoms with van der Waals surface area (Å²) in [4.78, 5) is 0. The summed E-state index contributed by atoms with van der Waals surface area (Å²) in [5.74, 6) is 1.04. The van der Waals surface area contributed by atoms with Gasteiger partial charge in [0.1, 0.15) is 11.5 Å². The van der Waals surface area contributed by atoms with Crippen LogP contribution in [0.2, 0.25) is 0 Å². The van der Waals surface area contributed by atoms with Gasteiger partial charge in [-0.15, -0.1) is 0 Å². The second kappa shape index (κ2) is 9.51. The van der Waals surface area contributed by atoms with Gasteiger partial charge in [0.15, 0.2) is 0 Å². The Kier molecular flexibility index (Phi) is 7.62. The first-order chi connectivity index (χ1) is 12.8. The van der Waals surface area contributed by atoms with Crippen LogP contribution in [0.1, 0.15) is 11.1 Å². The highest BCUT2D eigenvalue weighted by Crippen LogP contribution is 2.38. The van der Waals surface area contributed by atoms with Crippen molar-refractivity contribution in [3.63, 3.8) is 0 Å². The van der Waals surface area contributed by atoms with Crippen molar-refractivity contribution in [1.29, 1.82) is 0 Å². The maximum Gasteiger partial charge on any atom is 0.389 e. The van der Waals surface area contributed by atoms with E-state index >= 15 is 0 Å². The summed E-state index contributed by atoms with van der Waals surface area (Å²) in [6, 6.07) is 14.8. The maximum absolute atomic E-state index is 12.2. The third-order valence-electron chi connectivity index (χ3n) is 3.90. The second-order valence-corrected chi connectivity index (χ2v) is 10.0. The molecule has 0 radical (unpaired) electrons. The van der Waals surface area contributed by atoms with Crippen LogP contribution in [0, 0.1) is 0 Å². The molecule has 0 atom stereocenters. The summed E-state index contributed by atoms with van der Waals surface area (Å²) in [5.41, 5.74) is 2.16. The van der Waals surface area contributed by atoms with Gasteiger partial charge in [-0.3, -0.25) is 0 Å². The molecular weight excluding hydrogens is 386 g/mol. The SMILES string of the molecule is CNP(=O)(NC)Oc1ccc(Cc2ccc(OP(=O)(NC)NC)cc2)cc1. The van der Waals surface area contributed by atoms with E-state index in [1.54, 1.807) is 52.5 Å². The lowest BCUT2D eigenvalue weighted by Gasteiger charge is -2.17. The van der Waals surface area contributed by atoms with Gasteiger partial charge in [-0.1, -0.05) is 24.3 Å². The lowest BCUT2D eigenvalue weighted by molar-refractivity contribution is 0.461. The van der Waals surface area contributed by atoms with Gasteiger partial charge in [-0.25, -0.2) is 29.5 Å². The van der Waals surface area contributed by atoms with Crippen molar-refractivity contribution in [2.24, 2.45) is 0 Å². The predicted octanol–water partition coefficient (Wildman–Crippen LogP) is 3.13. The molecule has 0 unspecified atom stereocenters. The van der Waals surface area contributed by atoms with Crippen molar-refractivity contribution in [3.8, 4) is 11.5 Å². The third kappa shape index (κ3) is 6.18. The molecule has 0 amide bonds. The van der Waals surface area contributed by atoms with E-state index in [-0.39, 0.29) is 0 Å². The van der Waals surface area contributed by atoms with Crippen LogP contribution in [-0.4, -0.2) is 28.2 Å². The molecule has 2 rings (SSSR count). The standard InChI is InChI=1S/C17H26N4O4P2/c1-18-26(22,19-2)24-16-9-5-14(6-10-16)13-15-7-11-17(12-8-15)25-27(23,20-3)21-4/h5-12H,13H2,1-4H3,(H2,18,19,22)(H2,20,21,23). The molecule has 0 saturated carbocycles. The molecule has 4 N–H and O–H groups in total. The Balaban J connectivity index is 2.01. The Morgan fingerprint density at radius 2 is 0.926 bits per heavy atom. The highest BCUT2D eigenvalue weighted by Gasteiger charge is 2.20. The molecule has 0 spiro atoms. The van der Waals surface area contributed by atoms with Crippen molar-refractivity contribution in [2.75, 3.05) is 28.2 Å². The fraction of sp³-hybridized carbons (Fsp3) is 0.294. The van der Waals surface area contributed by atoms with Gasteiger partial charge >= 0.3 is 15.3 Å². The van der Waals surface area contributed by atoms with Crippen LogP contribution in [0.3, 0.4) is 0 Å². The van der Waals surface area contributed by atoms with E-state index in [4.69, 9.17) is 9.05 Å². The summed E-state index contributed by atoms with van der Waals surface area (Å²) in [6.07, 6.45) is 0.714. The van der Waals surface area contributed by atoms with Gasteiger partial charge in [0.25, 0.3) is 0 Å². The minimum atomic E-state index is -3.06. The van der Waals surface area contributed by atoms with E-state index in [1.807, 2.05) is 24.3 Å². The van der Waals surface area contributed by atoms with Crippen LogP contribution in [0.5, 0.6) is 11.5 Å². The van der Waals surface area contributed by atoms with Crippen molar-refractivity contribution in [2.45, 2.75) is 6.42 Å². The molecule has 0 aliphatic carbocycles. The minimum absolute atomic E-state index is 0.518. The van der Waals surface area contributed by atoms with Gasteiger partial charge in [-0.2, -0.15) is 0 Å². The first-order valence-electron chi connectivity index (χ1n) is 8.38. The van der Waals surface area contributed by atoms with Crippen molar-refractivity contribution in [3.05, 3.63) is 59.7 Å². The molecule has 27 heavy (non-hydrogen) atoms. The Morgan fingerprint density at radius 1 is 0.630 bits per heavy atom. The monoisotopic (exact) mass is 412 g/mol. The fourth-order valence-corrected chi connectivity index (χ4v) is 3.92. The molecule has 0 heterocycles. The fourth-order valence-electron chi connectivity index (χ4n) is 2.28. The molecule has 8 nitrogen and oxygen atoms in total. The molecule has 0 aromatic heterocycles. The summed E-state index contributed by atoms with van der Waals surface area (Å²) in [6.45, 7) is 0. The number of rotatable bonds is 10. The van der Waals surface area contributed by atoms with Gasteiger partial charge in [0.2, 0.25) is 0 Å². The van der Waals surface area contributed by atoms with Crippen molar-refractivity contribution in [1.82, 2.24) is 20.3 Å². The maximum atomic E-state index is 12.2. The van der Waals surface area contributed by atoms with Crippen molar-refractivity contribution < 1.29 is 18.2 Å². The van der Waals surface area contributed by atoms with Gasteiger partial charge < -0.3 is 9.05 Å². The van der Waals surface area contributed by atoms with Crippen LogP contribution < -0.4 is 29.4 Å². The molecule has 0 fully saturated rings. The normalized spacial score (nSPS) is 12.0. The summed E-state index contributed by atoms with van der Waals surface area (Å²) in [7, 11) is 0.178. The average Bonchev–Trinajstić information content (AvgIpc) is 2.70. The largest absolute Gasteiger partial charge is 0.422 e. The highest BCUT2D eigenvalue weighted by molar-refractivity contribution is 7.55. The van der Waals surface area contributed by atoms with E-state index in [9.17, 15) is 9.13 Å². The second-order valence-electron chi connectivity index (χ2n) is 5.64. The van der Waals surface area contributed by atoms with E-state index in [2.05, 4.69) is 20.3 Å². The average molecular weight is 412 g/mol. The van der Waals surface area contributed by atoms with Gasteiger partial charge in [0.05, 0.1) is 0 Å². The molecule has 0 bridgehead atoms. The number of hydrogen-bond donors (Lipinski definition) is 4. The lowest BCUT2D eigenvalue weighted by Crippen LogP contribution is -2.19. The number of hydrogen-bond acceptors (Lipinski definition) is 4. The van der Waals surface area contributed by atoms with Crippen molar-refractivity contribution >= 4 is 15.3 Å². The van der Waals surface area contributed by atoms with E-state index in [0.717, 1.165) is 11.1 Å². The van der Waals surface area contributed by atoms with E-state index < -0.39 is 15.3 Å². The molecule has 0 aliphatic rings. The summed E-state index contributed by atoms with van der Waals surface area (Å²) >= 11 is 0. The van der Waals surface area contributed by atoms with Gasteiger partial charge in [-0.05, 0) is 70.0 Å². The minimum Gasteiger partial charge on any atom is -0.422 e. The Labute approximate surface area is 160 Å². The Hall–Kier alpha value is -1.66. The summed E-state index contributed by atoms with van der Waals surface area (Å²) < 4.78 is 35.3. The van der Waals surface area contributed by atoms with Gasteiger partial charge in [0, 0.05) is 0 Å². The Morgan fingerprint density at radius 3 is 1.19 bits per heavy atom. The number of nitrogens with one attached hydrogen (secondary N) is 4. The lowest BCUT2D eigenvalue weighted by atomic mass is 10.1. The zero-order valence-electron chi connectivity index (χ0n) is 15.9. The zero-order chi connectivity index (χ0) is 19.9. The summed E-state index contributed by atoms with van der Waals surface area (Å²) in [5, 5.41) is 10.6. The molecule has 2 aromatic carbocycles. The first-order valence-corrected chi connectivity index (χ1v) is 11.6. The van der Waals surface area contributed by atoms with Crippen LogP contribution in [-0.2, 0) is 15.6 Å². The first kappa shape index (κ1) is 21.6. The quantitative estimate of drug-likeness (QED) is 0.442. The topological polar surface area (TPSA) is 101 Å². The molecule has 0 saturated heterocycles. The zero-order valence-corrected chi connectivity index (χ0v) is 17.6. The van der Waals surface area contributed by atoms with E-state index in [0.29, 0.717) is 17.9 Å². The molecular formula is C17H26N4O4P2. The highest BCUT2D eigenvalue weighted by atomic mass is 31.2.